The van der Waals surface area contributed by atoms with Gasteiger partial charge >= 0.3 is 5.97 Å². The van der Waals surface area contributed by atoms with Crippen LogP contribution in [0.2, 0.25) is 0 Å². The van der Waals surface area contributed by atoms with Gasteiger partial charge in [0.15, 0.2) is 0 Å². The van der Waals surface area contributed by atoms with Crippen LogP contribution in [0.1, 0.15) is 43.9 Å². The first kappa shape index (κ1) is 20.5. The number of hydrogen-bond donors (Lipinski definition) is 2. The van der Waals surface area contributed by atoms with Crippen LogP contribution < -0.4 is 5.32 Å². The van der Waals surface area contributed by atoms with Gasteiger partial charge in [0.1, 0.15) is 5.69 Å². The van der Waals surface area contributed by atoms with Gasteiger partial charge in [-0.25, -0.2) is 4.79 Å². The van der Waals surface area contributed by atoms with Gasteiger partial charge in [-0.05, 0) is 37.8 Å². The molecule has 2 aromatic heterocycles. The maximum absolute atomic E-state index is 12.9. The molecule has 3 rings (SSSR count). The fraction of sp³-hybridized carbons (Fsp3) is 0.227. The molecule has 0 fully saturated rings. The summed E-state index contributed by atoms with van der Waals surface area (Å²) < 4.78 is 5.18. The van der Waals surface area contributed by atoms with Crippen molar-refractivity contribution >= 4 is 29.0 Å². The van der Waals surface area contributed by atoms with Gasteiger partial charge in [0.05, 0.1) is 18.7 Å². The number of H-pyrrole nitrogens is 1. The number of hydrogen-bond acceptors (Lipinski definition) is 5. The van der Waals surface area contributed by atoms with Gasteiger partial charge in [0.25, 0.3) is 11.7 Å². The molecule has 0 unspecified atom stereocenters. The minimum Gasteiger partial charge on any atom is -0.462 e. The van der Waals surface area contributed by atoms with Crippen LogP contribution in [0.4, 0.5) is 0 Å². The standard InChI is InChI=1S/C22H22N2O4S/c1-4-28-22(27)17-14(3)24-19(18(17)15-9-7-13(2)8-10-15)20(25)21(26)23-12-16-6-5-11-29-16/h5-11,24H,4,12H2,1-3H3,(H,23,26). The summed E-state index contributed by atoms with van der Waals surface area (Å²) in [5, 5.41) is 4.54. The molecular formula is C22H22N2O4S. The van der Waals surface area contributed by atoms with Gasteiger partial charge < -0.3 is 15.0 Å². The molecule has 1 amide bonds. The van der Waals surface area contributed by atoms with E-state index < -0.39 is 17.7 Å². The predicted octanol–water partition coefficient (Wildman–Crippen LogP) is 4.04. The normalized spacial score (nSPS) is 10.6. The Labute approximate surface area is 172 Å². The van der Waals surface area contributed by atoms with Crippen molar-refractivity contribution in [2.24, 2.45) is 0 Å². The van der Waals surface area contributed by atoms with E-state index in [1.807, 2.05) is 48.7 Å². The van der Waals surface area contributed by atoms with Gasteiger partial charge in [-0.15, -0.1) is 11.3 Å². The van der Waals surface area contributed by atoms with Crippen LogP contribution in [0, 0.1) is 13.8 Å². The second-order valence-corrected chi connectivity index (χ2v) is 7.58. The number of carbonyl (C=O) groups is 3. The number of aryl methyl sites for hydroxylation is 2. The van der Waals surface area contributed by atoms with Crippen molar-refractivity contribution in [3.8, 4) is 11.1 Å². The van der Waals surface area contributed by atoms with Crippen molar-refractivity contribution in [1.29, 1.82) is 0 Å². The summed E-state index contributed by atoms with van der Waals surface area (Å²) >= 11 is 1.49. The minimum absolute atomic E-state index is 0.0816. The molecule has 7 heteroatoms. The third kappa shape index (κ3) is 4.46. The zero-order valence-corrected chi connectivity index (χ0v) is 17.3. The molecule has 0 saturated heterocycles. The summed E-state index contributed by atoms with van der Waals surface area (Å²) in [6, 6.07) is 11.2. The number of ketones is 1. The molecule has 1 aromatic carbocycles. The summed E-state index contributed by atoms with van der Waals surface area (Å²) in [6.07, 6.45) is 0. The van der Waals surface area contributed by atoms with E-state index in [1.165, 1.54) is 11.3 Å². The highest BCUT2D eigenvalue weighted by atomic mass is 32.1. The van der Waals surface area contributed by atoms with E-state index in [4.69, 9.17) is 4.74 Å². The Morgan fingerprint density at radius 1 is 1.10 bits per heavy atom. The fourth-order valence-corrected chi connectivity index (χ4v) is 3.68. The molecule has 6 nitrogen and oxygen atoms in total. The lowest BCUT2D eigenvalue weighted by Gasteiger charge is -2.08. The Bertz CT molecular complexity index is 1030. The Morgan fingerprint density at radius 3 is 2.45 bits per heavy atom. The fourth-order valence-electron chi connectivity index (χ4n) is 3.04. The first-order valence-corrected chi connectivity index (χ1v) is 10.1. The topological polar surface area (TPSA) is 88.3 Å². The number of thiophene rings is 1. The number of Topliss-reactive ketones (excluding diaryl/α,β-unsaturated/α-hetero) is 1. The molecular weight excluding hydrogens is 388 g/mol. The lowest BCUT2D eigenvalue weighted by Crippen LogP contribution is -2.31. The highest BCUT2D eigenvalue weighted by Gasteiger charge is 2.29. The molecule has 3 aromatic rings. The van der Waals surface area contributed by atoms with Crippen LogP contribution in [0.3, 0.4) is 0 Å². The van der Waals surface area contributed by atoms with Crippen molar-refractivity contribution in [3.63, 3.8) is 0 Å². The Morgan fingerprint density at radius 2 is 1.83 bits per heavy atom. The van der Waals surface area contributed by atoms with Crippen LogP contribution in [-0.2, 0) is 16.1 Å². The van der Waals surface area contributed by atoms with Gasteiger partial charge in [0.2, 0.25) is 0 Å². The van der Waals surface area contributed by atoms with E-state index in [0.717, 1.165) is 10.4 Å². The Balaban J connectivity index is 1.99. The summed E-state index contributed by atoms with van der Waals surface area (Å²) in [5.74, 6) is -1.99. The molecule has 0 saturated carbocycles. The second-order valence-electron chi connectivity index (χ2n) is 6.55. The number of nitrogens with one attached hydrogen (secondary N) is 2. The van der Waals surface area contributed by atoms with E-state index in [2.05, 4.69) is 10.3 Å². The van der Waals surface area contributed by atoms with Crippen molar-refractivity contribution in [2.45, 2.75) is 27.3 Å². The molecule has 0 radical (unpaired) electrons. The number of rotatable bonds is 7. The number of benzene rings is 1. The monoisotopic (exact) mass is 410 g/mol. The molecule has 0 aliphatic carbocycles. The third-order valence-corrected chi connectivity index (χ3v) is 5.32. The quantitative estimate of drug-likeness (QED) is 0.350. The van der Waals surface area contributed by atoms with Crippen molar-refractivity contribution in [3.05, 3.63) is 69.2 Å². The number of esters is 1. The molecule has 0 aliphatic rings. The average molecular weight is 410 g/mol. The number of aromatic nitrogens is 1. The summed E-state index contributed by atoms with van der Waals surface area (Å²) in [7, 11) is 0. The molecule has 29 heavy (non-hydrogen) atoms. The number of aromatic amines is 1. The number of ether oxygens (including phenoxy) is 1. The minimum atomic E-state index is -0.733. The van der Waals surface area contributed by atoms with E-state index >= 15 is 0 Å². The molecule has 0 spiro atoms. The van der Waals surface area contributed by atoms with Crippen LogP contribution in [0.15, 0.2) is 41.8 Å². The largest absolute Gasteiger partial charge is 0.462 e. The highest BCUT2D eigenvalue weighted by molar-refractivity contribution is 7.09. The van der Waals surface area contributed by atoms with Crippen molar-refractivity contribution in [1.82, 2.24) is 10.3 Å². The van der Waals surface area contributed by atoms with E-state index in [1.54, 1.807) is 13.8 Å². The molecule has 2 heterocycles. The zero-order valence-electron chi connectivity index (χ0n) is 16.5. The Kier molecular flexibility index (Phi) is 6.29. The van der Waals surface area contributed by atoms with E-state index in [0.29, 0.717) is 16.8 Å². The molecule has 150 valence electrons. The Hall–Kier alpha value is -3.19. The maximum atomic E-state index is 12.9. The summed E-state index contributed by atoms with van der Waals surface area (Å²) in [5.41, 5.74) is 2.92. The van der Waals surface area contributed by atoms with Crippen molar-refractivity contribution in [2.75, 3.05) is 6.61 Å². The lowest BCUT2D eigenvalue weighted by atomic mass is 9.97. The highest BCUT2D eigenvalue weighted by Crippen LogP contribution is 2.31. The van der Waals surface area contributed by atoms with Gasteiger partial charge in [-0.2, -0.15) is 0 Å². The average Bonchev–Trinajstić information content (AvgIpc) is 3.34. The summed E-state index contributed by atoms with van der Waals surface area (Å²) in [6.45, 7) is 5.83. The summed E-state index contributed by atoms with van der Waals surface area (Å²) in [4.78, 5) is 41.9. The van der Waals surface area contributed by atoms with Crippen molar-refractivity contribution < 1.29 is 19.1 Å². The second kappa shape index (κ2) is 8.87. The SMILES string of the molecule is CCOC(=O)c1c(C)[nH]c(C(=O)C(=O)NCc2cccs2)c1-c1ccc(C)cc1. The molecule has 0 bridgehead atoms. The van der Waals surface area contributed by atoms with Crippen LogP contribution in [0.5, 0.6) is 0 Å². The molecule has 0 atom stereocenters. The van der Waals surface area contributed by atoms with Crippen LogP contribution >= 0.6 is 11.3 Å². The molecule has 0 aliphatic heterocycles. The maximum Gasteiger partial charge on any atom is 0.340 e. The van der Waals surface area contributed by atoms with Crippen LogP contribution in [0.25, 0.3) is 11.1 Å². The zero-order chi connectivity index (χ0) is 21.0. The first-order valence-electron chi connectivity index (χ1n) is 9.24. The third-order valence-electron chi connectivity index (χ3n) is 4.44. The first-order chi connectivity index (χ1) is 13.9. The van der Waals surface area contributed by atoms with E-state index in [-0.39, 0.29) is 24.4 Å². The molecule has 2 N–H and O–H groups in total. The predicted molar refractivity (Wildman–Crippen MR) is 112 cm³/mol. The number of amides is 1. The van der Waals surface area contributed by atoms with Gasteiger partial charge in [0, 0.05) is 16.1 Å². The smallest absolute Gasteiger partial charge is 0.340 e. The van der Waals surface area contributed by atoms with Gasteiger partial charge in [-0.3, -0.25) is 9.59 Å². The van der Waals surface area contributed by atoms with Gasteiger partial charge in [-0.1, -0.05) is 35.9 Å². The van der Waals surface area contributed by atoms with Crippen LogP contribution in [-0.4, -0.2) is 29.3 Å². The number of carbonyl (C=O) groups excluding carboxylic acids is 3. The lowest BCUT2D eigenvalue weighted by molar-refractivity contribution is -0.117. The van der Waals surface area contributed by atoms with E-state index in [9.17, 15) is 14.4 Å².